The third-order valence-electron chi connectivity index (χ3n) is 6.11. The quantitative estimate of drug-likeness (QED) is 0.627. The highest BCUT2D eigenvalue weighted by molar-refractivity contribution is 6.00. The van der Waals surface area contributed by atoms with Gasteiger partial charge in [-0.3, -0.25) is 19.4 Å². The molecule has 33 heavy (non-hydrogen) atoms. The van der Waals surface area contributed by atoms with E-state index in [0.29, 0.717) is 42.8 Å². The van der Waals surface area contributed by atoms with Gasteiger partial charge in [-0.1, -0.05) is 18.2 Å². The molecule has 0 aliphatic carbocycles. The van der Waals surface area contributed by atoms with Crippen LogP contribution in [0.3, 0.4) is 0 Å². The molecule has 8 nitrogen and oxygen atoms in total. The van der Waals surface area contributed by atoms with Gasteiger partial charge in [0, 0.05) is 37.3 Å². The maximum atomic E-state index is 13.1. The number of aromatic nitrogens is 1. The van der Waals surface area contributed by atoms with Crippen molar-refractivity contribution >= 4 is 28.6 Å². The van der Waals surface area contributed by atoms with Crippen LogP contribution in [0, 0.1) is 0 Å². The molecular weight excluding hydrogens is 420 g/mol. The number of carbonyl (C=O) groups is 3. The van der Waals surface area contributed by atoms with Crippen molar-refractivity contribution in [3.05, 3.63) is 71.9 Å². The lowest BCUT2D eigenvalue weighted by atomic mass is 9.85. The van der Waals surface area contributed by atoms with E-state index >= 15 is 0 Å². The van der Waals surface area contributed by atoms with Crippen LogP contribution < -0.4 is 15.4 Å². The summed E-state index contributed by atoms with van der Waals surface area (Å²) in [6.07, 6.45) is 2.19. The van der Waals surface area contributed by atoms with Crippen molar-refractivity contribution in [3.63, 3.8) is 0 Å². The number of rotatable bonds is 5. The molecule has 0 unspecified atom stereocenters. The number of likely N-dealkylation sites (N-methyl/N-ethyl adjacent to an activating group) is 1. The van der Waals surface area contributed by atoms with Crippen molar-refractivity contribution in [3.8, 4) is 5.75 Å². The molecule has 1 fully saturated rings. The van der Waals surface area contributed by atoms with Crippen molar-refractivity contribution < 1.29 is 19.1 Å². The summed E-state index contributed by atoms with van der Waals surface area (Å²) in [6, 6.07) is 16.1. The smallest absolute Gasteiger partial charge is 0.255 e. The summed E-state index contributed by atoms with van der Waals surface area (Å²) in [6.45, 7) is 0.671. The number of hydrogen-bond acceptors (Lipinski definition) is 5. The lowest BCUT2D eigenvalue weighted by Gasteiger charge is -2.40. The third kappa shape index (κ3) is 4.50. The Morgan fingerprint density at radius 3 is 2.36 bits per heavy atom. The zero-order valence-electron chi connectivity index (χ0n) is 18.6. The Morgan fingerprint density at radius 1 is 1.00 bits per heavy atom. The molecule has 1 aliphatic heterocycles. The van der Waals surface area contributed by atoms with Crippen molar-refractivity contribution in [2.75, 3.05) is 27.2 Å². The van der Waals surface area contributed by atoms with Crippen LogP contribution in [0.25, 0.3) is 10.9 Å². The number of ether oxygens (including phenoxy) is 1. The number of piperidine rings is 1. The fraction of sp³-hybridized carbons (Fsp3) is 0.280. The Balaban J connectivity index is 1.48. The van der Waals surface area contributed by atoms with Crippen LogP contribution in [0.4, 0.5) is 0 Å². The molecule has 170 valence electrons. The normalized spacial score (nSPS) is 15.0. The highest BCUT2D eigenvalue weighted by Crippen LogP contribution is 2.25. The maximum absolute atomic E-state index is 13.1. The second-order valence-electron chi connectivity index (χ2n) is 8.05. The van der Waals surface area contributed by atoms with Gasteiger partial charge in [0.2, 0.25) is 5.91 Å². The number of methoxy groups -OCH3 is 1. The van der Waals surface area contributed by atoms with Crippen molar-refractivity contribution in [2.24, 2.45) is 0 Å². The highest BCUT2D eigenvalue weighted by Gasteiger charge is 2.43. The van der Waals surface area contributed by atoms with E-state index in [0.717, 1.165) is 10.9 Å². The second kappa shape index (κ2) is 9.28. The molecule has 2 heterocycles. The monoisotopic (exact) mass is 446 g/mol. The first-order valence-electron chi connectivity index (χ1n) is 10.8. The van der Waals surface area contributed by atoms with E-state index in [4.69, 9.17) is 4.74 Å². The summed E-state index contributed by atoms with van der Waals surface area (Å²) in [5, 5.41) is 6.47. The molecule has 0 radical (unpaired) electrons. The number of nitrogens with zero attached hydrogens (tertiary/aromatic N) is 2. The summed E-state index contributed by atoms with van der Waals surface area (Å²) < 4.78 is 5.13. The van der Waals surface area contributed by atoms with Crippen LogP contribution in [0.5, 0.6) is 5.75 Å². The van der Waals surface area contributed by atoms with Gasteiger partial charge in [0.1, 0.15) is 11.3 Å². The van der Waals surface area contributed by atoms with E-state index < -0.39 is 5.54 Å². The molecule has 2 N–H and O–H groups in total. The molecule has 1 saturated heterocycles. The van der Waals surface area contributed by atoms with Gasteiger partial charge in [-0.15, -0.1) is 0 Å². The van der Waals surface area contributed by atoms with Crippen molar-refractivity contribution in [1.29, 1.82) is 0 Å². The second-order valence-corrected chi connectivity index (χ2v) is 8.05. The molecule has 0 spiro atoms. The molecular formula is C25H26N4O4. The summed E-state index contributed by atoms with van der Waals surface area (Å²) in [5.41, 5.74) is 0.667. The number of likely N-dealkylation sites (tertiary alicyclic amines) is 1. The number of para-hydroxylation sites is 1. The summed E-state index contributed by atoms with van der Waals surface area (Å²) in [5.74, 6) is -0.119. The van der Waals surface area contributed by atoms with Crippen molar-refractivity contribution in [1.82, 2.24) is 20.5 Å². The molecule has 2 aromatic carbocycles. The van der Waals surface area contributed by atoms with Crippen LogP contribution in [0.15, 0.2) is 60.8 Å². The Bertz CT molecular complexity index is 1180. The number of nitrogens with one attached hydrogen (secondary N) is 2. The van der Waals surface area contributed by atoms with Gasteiger partial charge in [-0.05, 0) is 49.2 Å². The molecule has 8 heteroatoms. The number of carbonyl (C=O) groups excluding carboxylic acids is 3. The SMILES string of the molecule is CNC(=O)C1(NC(=O)c2ccc(OC)cc2)CCN(C(=O)c2cnc3ccccc3c2)CC1. The Kier molecular flexibility index (Phi) is 6.26. The first-order chi connectivity index (χ1) is 16.0. The largest absolute Gasteiger partial charge is 0.497 e. The van der Waals surface area contributed by atoms with Crippen LogP contribution in [0.2, 0.25) is 0 Å². The summed E-state index contributed by atoms with van der Waals surface area (Å²) in [4.78, 5) is 44.8. The van der Waals surface area contributed by atoms with Gasteiger partial charge in [0.15, 0.2) is 0 Å². The summed E-state index contributed by atoms with van der Waals surface area (Å²) in [7, 11) is 3.10. The number of pyridine rings is 1. The van der Waals surface area contributed by atoms with E-state index in [2.05, 4.69) is 15.6 Å². The van der Waals surface area contributed by atoms with E-state index in [-0.39, 0.29) is 17.7 Å². The highest BCUT2D eigenvalue weighted by atomic mass is 16.5. The molecule has 1 aromatic heterocycles. The molecule has 1 aliphatic rings. The van der Waals surface area contributed by atoms with E-state index in [1.807, 2.05) is 30.3 Å². The summed E-state index contributed by atoms with van der Waals surface area (Å²) >= 11 is 0. The van der Waals surface area contributed by atoms with E-state index in [9.17, 15) is 14.4 Å². The molecule has 0 bridgehead atoms. The van der Waals surface area contributed by atoms with E-state index in [1.165, 1.54) is 0 Å². The first kappa shape index (κ1) is 22.3. The van der Waals surface area contributed by atoms with Crippen LogP contribution in [-0.2, 0) is 4.79 Å². The minimum atomic E-state index is -1.09. The number of amides is 3. The van der Waals surface area contributed by atoms with Crippen LogP contribution in [0.1, 0.15) is 33.6 Å². The van der Waals surface area contributed by atoms with Gasteiger partial charge in [0.25, 0.3) is 11.8 Å². The predicted molar refractivity (Wildman–Crippen MR) is 124 cm³/mol. The third-order valence-corrected chi connectivity index (χ3v) is 6.11. The molecule has 0 atom stereocenters. The minimum Gasteiger partial charge on any atom is -0.497 e. The first-order valence-corrected chi connectivity index (χ1v) is 10.8. The minimum absolute atomic E-state index is 0.139. The number of benzene rings is 2. The lowest BCUT2D eigenvalue weighted by Crippen LogP contribution is -2.63. The molecule has 4 rings (SSSR count). The molecule has 3 amide bonds. The van der Waals surface area contributed by atoms with Gasteiger partial charge in [-0.25, -0.2) is 0 Å². The average molecular weight is 447 g/mol. The van der Waals surface area contributed by atoms with Crippen molar-refractivity contribution in [2.45, 2.75) is 18.4 Å². The fourth-order valence-corrected chi connectivity index (χ4v) is 4.14. The topological polar surface area (TPSA) is 101 Å². The van der Waals surface area contributed by atoms with E-state index in [1.54, 1.807) is 49.5 Å². The predicted octanol–water partition coefficient (Wildman–Crippen LogP) is 2.39. The molecule has 3 aromatic rings. The van der Waals surface area contributed by atoms with Gasteiger partial charge in [-0.2, -0.15) is 0 Å². The zero-order valence-corrected chi connectivity index (χ0v) is 18.6. The van der Waals surface area contributed by atoms with Gasteiger partial charge >= 0.3 is 0 Å². The fourth-order valence-electron chi connectivity index (χ4n) is 4.14. The Labute approximate surface area is 191 Å². The molecule has 0 saturated carbocycles. The van der Waals surface area contributed by atoms with Gasteiger partial charge < -0.3 is 20.3 Å². The van der Waals surface area contributed by atoms with Crippen LogP contribution >= 0.6 is 0 Å². The zero-order chi connectivity index (χ0) is 23.4. The average Bonchev–Trinajstić information content (AvgIpc) is 2.87. The maximum Gasteiger partial charge on any atom is 0.255 e. The number of fused-ring (bicyclic) bond motifs is 1. The van der Waals surface area contributed by atoms with Gasteiger partial charge in [0.05, 0.1) is 18.2 Å². The standard InChI is InChI=1S/C25H26N4O4/c1-26-24(32)25(28-22(30)17-7-9-20(33-2)10-8-17)11-13-29(14-12-25)23(31)19-15-18-5-3-4-6-21(18)27-16-19/h3-10,15-16H,11-14H2,1-2H3,(H,26,32)(H,28,30). The lowest BCUT2D eigenvalue weighted by molar-refractivity contribution is -0.128. The Hall–Kier alpha value is -3.94. The van der Waals surface area contributed by atoms with Crippen LogP contribution in [-0.4, -0.2) is 60.4 Å². The number of hydrogen-bond donors (Lipinski definition) is 2. The Morgan fingerprint density at radius 2 is 1.70 bits per heavy atom.